The Labute approximate surface area is 100 Å². The van der Waals surface area contributed by atoms with Gasteiger partial charge >= 0.3 is 0 Å². The zero-order chi connectivity index (χ0) is 12.2. The smallest absolute Gasteiger partial charge is 0.0611 e. The van der Waals surface area contributed by atoms with E-state index in [0.717, 1.165) is 31.3 Å². The van der Waals surface area contributed by atoms with Gasteiger partial charge in [0.25, 0.3) is 0 Å². The number of nitrogens with one attached hydrogen (secondary N) is 1. The Bertz CT molecular complexity index is 200. The molecule has 0 bridgehead atoms. The average Bonchev–Trinajstić information content (AvgIpc) is 2.56. The molecule has 0 saturated carbocycles. The summed E-state index contributed by atoms with van der Waals surface area (Å²) in [4.78, 5) is 2.53. The highest BCUT2D eigenvalue weighted by Gasteiger charge is 2.28. The SMILES string of the molecule is CCNC(C)(CO)CCN1CC(C)C(C)C1. The van der Waals surface area contributed by atoms with Crippen LogP contribution in [-0.2, 0) is 0 Å². The van der Waals surface area contributed by atoms with Crippen LogP contribution in [0.2, 0.25) is 0 Å². The number of nitrogens with zero attached hydrogens (tertiary/aromatic N) is 1. The third-order valence-corrected chi connectivity index (χ3v) is 4.00. The van der Waals surface area contributed by atoms with Gasteiger partial charge in [-0.15, -0.1) is 0 Å². The zero-order valence-electron chi connectivity index (χ0n) is 11.3. The third kappa shape index (κ3) is 3.72. The molecule has 0 aromatic rings. The highest BCUT2D eigenvalue weighted by Crippen LogP contribution is 2.23. The summed E-state index contributed by atoms with van der Waals surface area (Å²) in [6, 6.07) is 0. The van der Waals surface area contributed by atoms with E-state index in [-0.39, 0.29) is 12.1 Å². The molecule has 0 spiro atoms. The first-order chi connectivity index (χ1) is 7.50. The Morgan fingerprint density at radius 2 is 1.88 bits per heavy atom. The lowest BCUT2D eigenvalue weighted by molar-refractivity contribution is 0.152. The molecule has 3 atom stereocenters. The number of aliphatic hydroxyl groups excluding tert-OH is 1. The molecule has 1 fully saturated rings. The quantitative estimate of drug-likeness (QED) is 0.720. The van der Waals surface area contributed by atoms with Crippen molar-refractivity contribution < 1.29 is 5.11 Å². The number of likely N-dealkylation sites (tertiary alicyclic amines) is 1. The molecule has 3 unspecified atom stereocenters. The first-order valence-electron chi connectivity index (χ1n) is 6.59. The molecule has 0 amide bonds. The molecule has 96 valence electrons. The lowest BCUT2D eigenvalue weighted by Crippen LogP contribution is -2.47. The monoisotopic (exact) mass is 228 g/mol. The number of aliphatic hydroxyl groups is 1. The van der Waals surface area contributed by atoms with Crippen LogP contribution in [0.25, 0.3) is 0 Å². The van der Waals surface area contributed by atoms with Crippen molar-refractivity contribution in [2.24, 2.45) is 11.8 Å². The average molecular weight is 228 g/mol. The van der Waals surface area contributed by atoms with E-state index in [0.29, 0.717) is 0 Å². The van der Waals surface area contributed by atoms with Gasteiger partial charge in [0, 0.05) is 18.6 Å². The molecular formula is C13H28N2O. The van der Waals surface area contributed by atoms with Crippen LogP contribution in [0.15, 0.2) is 0 Å². The van der Waals surface area contributed by atoms with Crippen LogP contribution >= 0.6 is 0 Å². The Kier molecular flexibility index (Phi) is 5.22. The number of likely N-dealkylation sites (N-methyl/N-ethyl adjacent to an activating group) is 1. The van der Waals surface area contributed by atoms with Crippen LogP contribution in [0.5, 0.6) is 0 Å². The number of hydrogen-bond donors (Lipinski definition) is 2. The van der Waals surface area contributed by atoms with Gasteiger partial charge in [-0.3, -0.25) is 0 Å². The van der Waals surface area contributed by atoms with E-state index in [9.17, 15) is 5.11 Å². The van der Waals surface area contributed by atoms with E-state index in [1.807, 2.05) is 0 Å². The molecule has 2 N–H and O–H groups in total. The summed E-state index contributed by atoms with van der Waals surface area (Å²) >= 11 is 0. The lowest BCUT2D eigenvalue weighted by Gasteiger charge is -2.30. The van der Waals surface area contributed by atoms with E-state index in [1.54, 1.807) is 0 Å². The highest BCUT2D eigenvalue weighted by molar-refractivity contribution is 4.85. The summed E-state index contributed by atoms with van der Waals surface area (Å²) in [6.45, 7) is 13.5. The van der Waals surface area contributed by atoms with Gasteiger partial charge < -0.3 is 15.3 Å². The minimum atomic E-state index is -0.107. The standard InChI is InChI=1S/C13H28N2O/c1-5-14-13(4,10-16)6-7-15-8-11(2)12(3)9-15/h11-12,14,16H,5-10H2,1-4H3. The van der Waals surface area contributed by atoms with E-state index >= 15 is 0 Å². The van der Waals surface area contributed by atoms with Gasteiger partial charge in [-0.05, 0) is 38.3 Å². The van der Waals surface area contributed by atoms with Crippen LogP contribution in [0.1, 0.15) is 34.1 Å². The molecule has 0 radical (unpaired) electrons. The summed E-state index contributed by atoms with van der Waals surface area (Å²) in [7, 11) is 0. The van der Waals surface area contributed by atoms with Gasteiger partial charge in [0.05, 0.1) is 6.61 Å². The normalized spacial score (nSPS) is 30.6. The van der Waals surface area contributed by atoms with Gasteiger partial charge in [0.1, 0.15) is 0 Å². The fourth-order valence-electron chi connectivity index (χ4n) is 2.49. The topological polar surface area (TPSA) is 35.5 Å². The maximum atomic E-state index is 9.41. The predicted molar refractivity (Wildman–Crippen MR) is 68.6 cm³/mol. The van der Waals surface area contributed by atoms with Crippen molar-refractivity contribution >= 4 is 0 Å². The van der Waals surface area contributed by atoms with Crippen molar-refractivity contribution in [1.82, 2.24) is 10.2 Å². The highest BCUT2D eigenvalue weighted by atomic mass is 16.3. The molecule has 1 heterocycles. The first kappa shape index (κ1) is 13.9. The molecule has 3 nitrogen and oxygen atoms in total. The molecule has 1 aliphatic rings. The molecule has 1 aliphatic heterocycles. The first-order valence-corrected chi connectivity index (χ1v) is 6.59. The molecule has 1 rings (SSSR count). The number of hydrogen-bond acceptors (Lipinski definition) is 3. The van der Waals surface area contributed by atoms with Crippen molar-refractivity contribution in [2.45, 2.75) is 39.7 Å². The summed E-state index contributed by atoms with van der Waals surface area (Å²) in [6.07, 6.45) is 1.02. The maximum Gasteiger partial charge on any atom is 0.0611 e. The number of rotatable bonds is 6. The maximum absolute atomic E-state index is 9.41. The van der Waals surface area contributed by atoms with Gasteiger partial charge in [-0.1, -0.05) is 20.8 Å². The third-order valence-electron chi connectivity index (χ3n) is 4.00. The summed E-state index contributed by atoms with van der Waals surface area (Å²) in [5, 5.41) is 12.8. The second-order valence-electron chi connectivity index (χ2n) is 5.71. The van der Waals surface area contributed by atoms with Crippen LogP contribution in [0, 0.1) is 11.8 Å². The Morgan fingerprint density at radius 1 is 1.31 bits per heavy atom. The molecule has 0 aromatic heterocycles. The van der Waals surface area contributed by atoms with Crippen molar-refractivity contribution in [2.75, 3.05) is 32.8 Å². The molecule has 16 heavy (non-hydrogen) atoms. The van der Waals surface area contributed by atoms with E-state index in [1.165, 1.54) is 13.1 Å². The van der Waals surface area contributed by atoms with Gasteiger partial charge in [0.2, 0.25) is 0 Å². The fraction of sp³-hybridized carbons (Fsp3) is 1.00. The second-order valence-corrected chi connectivity index (χ2v) is 5.71. The summed E-state index contributed by atoms with van der Waals surface area (Å²) in [5.41, 5.74) is -0.107. The van der Waals surface area contributed by atoms with Crippen molar-refractivity contribution in [3.05, 3.63) is 0 Å². The Morgan fingerprint density at radius 3 is 2.31 bits per heavy atom. The van der Waals surface area contributed by atoms with Gasteiger partial charge in [-0.25, -0.2) is 0 Å². The van der Waals surface area contributed by atoms with Crippen LogP contribution < -0.4 is 5.32 Å². The van der Waals surface area contributed by atoms with Crippen molar-refractivity contribution in [3.8, 4) is 0 Å². The van der Waals surface area contributed by atoms with Crippen LogP contribution in [0.3, 0.4) is 0 Å². The van der Waals surface area contributed by atoms with Crippen molar-refractivity contribution in [3.63, 3.8) is 0 Å². The lowest BCUT2D eigenvalue weighted by atomic mass is 9.98. The predicted octanol–water partition coefficient (Wildman–Crippen LogP) is 1.32. The fourth-order valence-corrected chi connectivity index (χ4v) is 2.49. The van der Waals surface area contributed by atoms with Crippen LogP contribution in [-0.4, -0.2) is 48.3 Å². The minimum absolute atomic E-state index is 0.107. The molecular weight excluding hydrogens is 200 g/mol. The van der Waals surface area contributed by atoms with Crippen LogP contribution in [0.4, 0.5) is 0 Å². The summed E-state index contributed by atoms with van der Waals surface area (Å²) in [5.74, 6) is 1.64. The molecule has 1 saturated heterocycles. The largest absolute Gasteiger partial charge is 0.394 e. The molecule has 0 aromatic carbocycles. The van der Waals surface area contributed by atoms with E-state index in [2.05, 4.69) is 37.9 Å². The minimum Gasteiger partial charge on any atom is -0.394 e. The van der Waals surface area contributed by atoms with Gasteiger partial charge in [0.15, 0.2) is 0 Å². The molecule has 3 heteroatoms. The Balaban J connectivity index is 2.33. The molecule has 0 aliphatic carbocycles. The second kappa shape index (κ2) is 5.99. The van der Waals surface area contributed by atoms with Gasteiger partial charge in [-0.2, -0.15) is 0 Å². The zero-order valence-corrected chi connectivity index (χ0v) is 11.3. The van der Waals surface area contributed by atoms with E-state index in [4.69, 9.17) is 0 Å². The summed E-state index contributed by atoms with van der Waals surface area (Å²) < 4.78 is 0. The van der Waals surface area contributed by atoms with E-state index < -0.39 is 0 Å². The van der Waals surface area contributed by atoms with Crippen molar-refractivity contribution in [1.29, 1.82) is 0 Å². The Hall–Kier alpha value is -0.120.